The molecule has 0 amide bonds. The van der Waals surface area contributed by atoms with Crippen molar-refractivity contribution in [3.05, 3.63) is 29.3 Å². The Morgan fingerprint density at radius 3 is 2.62 bits per heavy atom. The first-order chi connectivity index (χ1) is 7.48. The molecule has 2 heteroatoms. The molecule has 1 atom stereocenters. The van der Waals surface area contributed by atoms with Crippen molar-refractivity contribution in [3.63, 3.8) is 0 Å². The van der Waals surface area contributed by atoms with Gasteiger partial charge in [-0.3, -0.25) is 0 Å². The highest BCUT2D eigenvalue weighted by molar-refractivity contribution is 5.51. The Hall–Kier alpha value is -1.02. The molecular formula is C14H22N2. The minimum Gasteiger partial charge on any atom is -0.398 e. The maximum Gasteiger partial charge on any atom is 0.0362 e. The van der Waals surface area contributed by atoms with Crippen LogP contribution in [0.25, 0.3) is 0 Å². The van der Waals surface area contributed by atoms with Gasteiger partial charge in [0.1, 0.15) is 0 Å². The van der Waals surface area contributed by atoms with Gasteiger partial charge in [-0.2, -0.15) is 0 Å². The van der Waals surface area contributed by atoms with E-state index in [1.54, 1.807) is 0 Å². The van der Waals surface area contributed by atoms with E-state index in [4.69, 9.17) is 5.73 Å². The Labute approximate surface area is 98.2 Å². The fourth-order valence-corrected chi connectivity index (χ4v) is 2.29. The van der Waals surface area contributed by atoms with Gasteiger partial charge in [-0.1, -0.05) is 32.9 Å². The molecule has 1 saturated heterocycles. The third-order valence-corrected chi connectivity index (χ3v) is 3.39. The molecule has 2 rings (SSSR count). The second-order valence-electron chi connectivity index (χ2n) is 5.74. The zero-order valence-electron chi connectivity index (χ0n) is 10.5. The van der Waals surface area contributed by atoms with Crippen molar-refractivity contribution in [2.24, 2.45) is 0 Å². The third-order valence-electron chi connectivity index (χ3n) is 3.39. The predicted octanol–water partition coefficient (Wildman–Crippen LogP) is 2.99. The van der Waals surface area contributed by atoms with E-state index in [0.29, 0.717) is 6.04 Å². The smallest absolute Gasteiger partial charge is 0.0362 e. The van der Waals surface area contributed by atoms with E-state index in [2.05, 4.69) is 44.3 Å². The van der Waals surface area contributed by atoms with Gasteiger partial charge in [0.25, 0.3) is 0 Å². The van der Waals surface area contributed by atoms with E-state index in [9.17, 15) is 0 Å². The van der Waals surface area contributed by atoms with Crippen molar-refractivity contribution < 1.29 is 0 Å². The normalized spacial score (nSPS) is 21.3. The van der Waals surface area contributed by atoms with Crippen LogP contribution in [-0.4, -0.2) is 6.54 Å². The number of nitrogens with one attached hydrogen (secondary N) is 1. The molecule has 1 heterocycles. The van der Waals surface area contributed by atoms with Crippen LogP contribution in [-0.2, 0) is 5.41 Å². The van der Waals surface area contributed by atoms with E-state index < -0.39 is 0 Å². The molecule has 1 aromatic carbocycles. The van der Waals surface area contributed by atoms with Gasteiger partial charge >= 0.3 is 0 Å². The lowest BCUT2D eigenvalue weighted by Gasteiger charge is -2.22. The minimum absolute atomic E-state index is 0.195. The maximum atomic E-state index is 6.07. The second-order valence-corrected chi connectivity index (χ2v) is 5.74. The molecule has 16 heavy (non-hydrogen) atoms. The number of rotatable bonds is 1. The lowest BCUT2D eigenvalue weighted by Crippen LogP contribution is -2.17. The van der Waals surface area contributed by atoms with Crippen molar-refractivity contribution >= 4 is 5.69 Å². The zero-order chi connectivity index (χ0) is 11.8. The molecular weight excluding hydrogens is 196 g/mol. The fraction of sp³-hybridized carbons (Fsp3) is 0.571. The summed E-state index contributed by atoms with van der Waals surface area (Å²) in [4.78, 5) is 0. The van der Waals surface area contributed by atoms with Crippen LogP contribution in [0.15, 0.2) is 18.2 Å². The quantitative estimate of drug-likeness (QED) is 0.711. The van der Waals surface area contributed by atoms with E-state index in [1.807, 2.05) is 0 Å². The van der Waals surface area contributed by atoms with Crippen LogP contribution >= 0.6 is 0 Å². The summed E-state index contributed by atoms with van der Waals surface area (Å²) in [5, 5.41) is 3.51. The highest BCUT2D eigenvalue weighted by Crippen LogP contribution is 2.32. The average Bonchev–Trinajstić information content (AvgIpc) is 2.69. The molecule has 2 nitrogen and oxygen atoms in total. The summed E-state index contributed by atoms with van der Waals surface area (Å²) in [6.07, 6.45) is 2.46. The molecule has 1 fully saturated rings. The van der Waals surface area contributed by atoms with Crippen LogP contribution < -0.4 is 11.1 Å². The van der Waals surface area contributed by atoms with Gasteiger partial charge in [0.05, 0.1) is 0 Å². The molecule has 1 aromatic rings. The molecule has 3 N–H and O–H groups in total. The summed E-state index contributed by atoms with van der Waals surface area (Å²) >= 11 is 0. The lowest BCUT2D eigenvalue weighted by molar-refractivity contribution is 0.584. The molecule has 88 valence electrons. The fourth-order valence-electron chi connectivity index (χ4n) is 2.29. The zero-order valence-corrected chi connectivity index (χ0v) is 10.5. The molecule has 0 aromatic heterocycles. The Morgan fingerprint density at radius 1 is 1.31 bits per heavy atom. The van der Waals surface area contributed by atoms with E-state index in [1.165, 1.54) is 24.0 Å². The first kappa shape index (κ1) is 11.5. The van der Waals surface area contributed by atoms with Gasteiger partial charge in [0.2, 0.25) is 0 Å². The topological polar surface area (TPSA) is 38.0 Å². The van der Waals surface area contributed by atoms with Crippen LogP contribution in [0.1, 0.15) is 50.8 Å². The number of anilines is 1. The first-order valence-corrected chi connectivity index (χ1v) is 6.12. The summed E-state index contributed by atoms with van der Waals surface area (Å²) < 4.78 is 0. The first-order valence-electron chi connectivity index (χ1n) is 6.12. The Morgan fingerprint density at radius 2 is 2.06 bits per heavy atom. The van der Waals surface area contributed by atoms with E-state index in [-0.39, 0.29) is 5.41 Å². The molecule has 0 spiro atoms. The van der Waals surface area contributed by atoms with Crippen molar-refractivity contribution in [3.8, 4) is 0 Å². The second kappa shape index (κ2) is 4.10. The SMILES string of the molecule is CC(C)(C)c1ccc(N)c([C@@H]2CCCN2)c1. The van der Waals surface area contributed by atoms with Crippen LogP contribution in [0.4, 0.5) is 5.69 Å². The largest absolute Gasteiger partial charge is 0.398 e. The van der Waals surface area contributed by atoms with Crippen LogP contribution in [0.5, 0.6) is 0 Å². The van der Waals surface area contributed by atoms with E-state index >= 15 is 0 Å². The standard InChI is InChI=1S/C14H22N2/c1-14(2,3)10-6-7-12(15)11(9-10)13-5-4-8-16-13/h6-7,9,13,16H,4-5,8,15H2,1-3H3/t13-/m0/s1. The molecule has 1 aliphatic heterocycles. The van der Waals surface area contributed by atoms with Crippen LogP contribution in [0, 0.1) is 0 Å². The summed E-state index contributed by atoms with van der Waals surface area (Å²) in [7, 11) is 0. The van der Waals surface area contributed by atoms with Gasteiger partial charge in [0.15, 0.2) is 0 Å². The number of nitrogens with two attached hydrogens (primary N) is 1. The van der Waals surface area contributed by atoms with Crippen molar-refractivity contribution in [1.29, 1.82) is 0 Å². The predicted molar refractivity (Wildman–Crippen MR) is 69.5 cm³/mol. The van der Waals surface area contributed by atoms with Crippen LogP contribution in [0.3, 0.4) is 0 Å². The van der Waals surface area contributed by atoms with Crippen molar-refractivity contribution in [2.75, 3.05) is 12.3 Å². The summed E-state index contributed by atoms with van der Waals surface area (Å²) in [6, 6.07) is 6.93. The number of hydrogen-bond donors (Lipinski definition) is 2. The number of nitrogen functional groups attached to an aromatic ring is 1. The third kappa shape index (κ3) is 2.22. The highest BCUT2D eigenvalue weighted by atomic mass is 14.9. The van der Waals surface area contributed by atoms with Crippen LogP contribution in [0.2, 0.25) is 0 Å². The average molecular weight is 218 g/mol. The molecule has 0 radical (unpaired) electrons. The van der Waals surface area contributed by atoms with Gasteiger partial charge in [-0.05, 0) is 42.0 Å². The Balaban J connectivity index is 2.36. The monoisotopic (exact) mass is 218 g/mol. The van der Waals surface area contributed by atoms with Crippen molar-refractivity contribution in [1.82, 2.24) is 5.32 Å². The summed E-state index contributed by atoms with van der Waals surface area (Å²) in [5.74, 6) is 0. The molecule has 0 saturated carbocycles. The Kier molecular flexibility index (Phi) is 2.94. The van der Waals surface area contributed by atoms with Gasteiger partial charge in [0, 0.05) is 11.7 Å². The molecule has 0 aliphatic carbocycles. The number of hydrogen-bond acceptors (Lipinski definition) is 2. The lowest BCUT2D eigenvalue weighted by atomic mass is 9.85. The minimum atomic E-state index is 0.195. The van der Waals surface area contributed by atoms with Gasteiger partial charge in [-0.15, -0.1) is 0 Å². The molecule has 1 aliphatic rings. The molecule has 0 bridgehead atoms. The summed E-state index contributed by atoms with van der Waals surface area (Å²) in [6.45, 7) is 7.84. The van der Waals surface area contributed by atoms with Gasteiger partial charge in [-0.25, -0.2) is 0 Å². The Bertz CT molecular complexity index is 371. The highest BCUT2D eigenvalue weighted by Gasteiger charge is 2.21. The van der Waals surface area contributed by atoms with E-state index in [0.717, 1.165) is 12.2 Å². The van der Waals surface area contributed by atoms with Crippen molar-refractivity contribution in [2.45, 2.75) is 45.1 Å². The molecule has 0 unspecified atom stereocenters. The van der Waals surface area contributed by atoms with Gasteiger partial charge < -0.3 is 11.1 Å². The summed E-state index contributed by atoms with van der Waals surface area (Å²) in [5.41, 5.74) is 9.84. The number of benzene rings is 1. The maximum absolute atomic E-state index is 6.07.